The van der Waals surface area contributed by atoms with E-state index in [1.165, 1.54) is 11.3 Å². The fourth-order valence-corrected chi connectivity index (χ4v) is 7.00. The molecular weight excluding hydrogens is 560 g/mol. The molecule has 4 N–H and O–H groups in total. The fraction of sp³-hybridized carbons (Fsp3) is 0.552. The van der Waals surface area contributed by atoms with Crippen LogP contribution in [-0.2, 0) is 14.8 Å². The van der Waals surface area contributed by atoms with Crippen LogP contribution in [-0.4, -0.2) is 56.3 Å². The van der Waals surface area contributed by atoms with Crippen molar-refractivity contribution in [1.82, 2.24) is 20.0 Å². The van der Waals surface area contributed by atoms with Crippen LogP contribution in [0.15, 0.2) is 46.0 Å². The van der Waals surface area contributed by atoms with E-state index in [-0.39, 0.29) is 0 Å². The van der Waals surface area contributed by atoms with E-state index in [1.807, 2.05) is 45.0 Å². The lowest BCUT2D eigenvalue weighted by Gasteiger charge is -2.28. The number of unbranched alkanes of at least 4 members (excludes halogenated alkanes) is 1. The van der Waals surface area contributed by atoms with Crippen molar-refractivity contribution >= 4 is 50.1 Å². The summed E-state index contributed by atoms with van der Waals surface area (Å²) in [5.41, 5.74) is 0.374. The van der Waals surface area contributed by atoms with Crippen LogP contribution in [0.5, 0.6) is 0 Å². The van der Waals surface area contributed by atoms with Crippen molar-refractivity contribution in [3.05, 3.63) is 41.8 Å². The van der Waals surface area contributed by atoms with Crippen LogP contribution in [0.1, 0.15) is 59.3 Å². The molecule has 1 amide bonds. The lowest BCUT2D eigenvalue weighted by Crippen LogP contribution is -2.33. The van der Waals surface area contributed by atoms with Crippen molar-refractivity contribution in [2.45, 2.75) is 69.1 Å². The first kappa shape index (κ1) is 31.0. The Morgan fingerprint density at radius 1 is 0.951 bits per heavy atom. The number of carbonyl (C=O) groups excluding carboxylic acids is 1. The standard InChI is InChI=1S/C29H42N6O4S2/c1-29(2,3)39-28(36)31-17-7-6-16-30-26-23-9-4-5-10-24(23)34-27(35-26)32-19-21-12-14-22(15-13-21)20-33-41(37,38)25-11-8-18-40-25/h4-5,8-11,18,21-22,33H,6-7,12-17,19-20H2,1-3H3,(H,31,36)(H2,30,32,34,35). The van der Waals surface area contributed by atoms with E-state index in [2.05, 4.69) is 20.7 Å². The van der Waals surface area contributed by atoms with Crippen molar-refractivity contribution in [2.75, 3.05) is 36.8 Å². The molecule has 0 spiro atoms. The van der Waals surface area contributed by atoms with Gasteiger partial charge < -0.3 is 20.7 Å². The highest BCUT2D eigenvalue weighted by Crippen LogP contribution is 2.29. The van der Waals surface area contributed by atoms with E-state index in [0.29, 0.717) is 35.1 Å². The van der Waals surface area contributed by atoms with E-state index < -0.39 is 21.7 Å². The van der Waals surface area contributed by atoms with Crippen LogP contribution in [0.25, 0.3) is 10.9 Å². The largest absolute Gasteiger partial charge is 0.444 e. The van der Waals surface area contributed by atoms with Crippen molar-refractivity contribution < 1.29 is 17.9 Å². The first-order valence-corrected chi connectivity index (χ1v) is 16.7. The van der Waals surface area contributed by atoms with E-state index in [0.717, 1.165) is 68.3 Å². The van der Waals surface area contributed by atoms with Crippen molar-refractivity contribution in [1.29, 1.82) is 0 Å². The summed E-state index contributed by atoms with van der Waals surface area (Å²) in [5.74, 6) is 2.24. The monoisotopic (exact) mass is 602 g/mol. The second-order valence-electron chi connectivity index (χ2n) is 11.5. The number of sulfonamides is 1. The summed E-state index contributed by atoms with van der Waals surface area (Å²) in [6.45, 7) is 8.08. The number of aromatic nitrogens is 2. The molecule has 2 heterocycles. The van der Waals surface area contributed by atoms with Crippen molar-refractivity contribution in [3.63, 3.8) is 0 Å². The highest BCUT2D eigenvalue weighted by atomic mass is 32.2. The average Bonchev–Trinajstić information content (AvgIpc) is 3.49. The van der Waals surface area contributed by atoms with Crippen molar-refractivity contribution in [3.8, 4) is 0 Å². The summed E-state index contributed by atoms with van der Waals surface area (Å²) >= 11 is 1.24. The van der Waals surface area contributed by atoms with Gasteiger partial charge in [-0.05, 0) is 94.7 Å². The van der Waals surface area contributed by atoms with Crippen LogP contribution in [0, 0.1) is 11.8 Å². The van der Waals surface area contributed by atoms with E-state index >= 15 is 0 Å². The summed E-state index contributed by atoms with van der Waals surface area (Å²) < 4.78 is 33.2. The number of thiophene rings is 1. The number of para-hydroxylation sites is 1. The maximum absolute atomic E-state index is 12.4. The predicted octanol–water partition coefficient (Wildman–Crippen LogP) is 5.60. The minimum Gasteiger partial charge on any atom is -0.444 e. The quantitative estimate of drug-likeness (QED) is 0.186. The minimum absolute atomic E-state index is 0.355. The Bertz CT molecular complexity index is 1370. The van der Waals surface area contributed by atoms with Crippen LogP contribution in [0.4, 0.5) is 16.6 Å². The Hall–Kier alpha value is -2.96. The number of hydrogen-bond donors (Lipinski definition) is 4. The number of fused-ring (bicyclic) bond motifs is 1. The first-order chi connectivity index (χ1) is 19.6. The molecule has 224 valence electrons. The zero-order chi connectivity index (χ0) is 29.3. The summed E-state index contributed by atoms with van der Waals surface area (Å²) in [5, 5.41) is 12.4. The van der Waals surface area contributed by atoms with Gasteiger partial charge in [0.2, 0.25) is 16.0 Å². The molecule has 12 heteroatoms. The zero-order valence-electron chi connectivity index (χ0n) is 24.1. The number of benzene rings is 1. The molecule has 3 aromatic rings. The average molecular weight is 603 g/mol. The second kappa shape index (κ2) is 14.3. The molecule has 0 bridgehead atoms. The van der Waals surface area contributed by atoms with E-state index in [4.69, 9.17) is 14.7 Å². The molecule has 10 nitrogen and oxygen atoms in total. The Morgan fingerprint density at radius 3 is 2.37 bits per heavy atom. The number of rotatable bonds is 13. The first-order valence-electron chi connectivity index (χ1n) is 14.3. The topological polar surface area (TPSA) is 134 Å². The molecule has 4 rings (SSSR count). The third kappa shape index (κ3) is 9.82. The van der Waals surface area contributed by atoms with Gasteiger partial charge in [0, 0.05) is 31.6 Å². The van der Waals surface area contributed by atoms with Crippen LogP contribution >= 0.6 is 11.3 Å². The lowest BCUT2D eigenvalue weighted by atomic mass is 9.82. The second-order valence-corrected chi connectivity index (χ2v) is 14.5. The molecule has 0 aliphatic heterocycles. The number of anilines is 2. The Balaban J connectivity index is 1.21. The number of carbonyl (C=O) groups is 1. The van der Waals surface area contributed by atoms with Gasteiger partial charge in [-0.3, -0.25) is 0 Å². The summed E-state index contributed by atoms with van der Waals surface area (Å²) in [4.78, 5) is 21.3. The van der Waals surface area contributed by atoms with Gasteiger partial charge in [-0.25, -0.2) is 22.9 Å². The molecule has 1 aliphatic carbocycles. The highest BCUT2D eigenvalue weighted by molar-refractivity contribution is 7.91. The van der Waals surface area contributed by atoms with Crippen molar-refractivity contribution in [2.24, 2.45) is 11.8 Å². The molecular formula is C29H42N6O4S2. The number of ether oxygens (including phenoxy) is 1. The molecule has 2 aromatic heterocycles. The minimum atomic E-state index is -3.41. The van der Waals surface area contributed by atoms with E-state index in [1.54, 1.807) is 17.5 Å². The molecule has 1 aliphatic rings. The predicted molar refractivity (Wildman–Crippen MR) is 165 cm³/mol. The summed E-state index contributed by atoms with van der Waals surface area (Å²) in [6.07, 6.45) is 5.35. The summed E-state index contributed by atoms with van der Waals surface area (Å²) in [6, 6.07) is 11.3. The van der Waals surface area contributed by atoms with Gasteiger partial charge in [0.1, 0.15) is 15.6 Å². The number of alkyl carbamates (subject to hydrolysis) is 1. The van der Waals surface area contributed by atoms with Crippen LogP contribution < -0.4 is 20.7 Å². The number of amides is 1. The fourth-order valence-electron chi connectivity index (χ4n) is 4.84. The molecule has 41 heavy (non-hydrogen) atoms. The van der Waals surface area contributed by atoms with Gasteiger partial charge in [0.25, 0.3) is 0 Å². The number of nitrogens with zero attached hydrogens (tertiary/aromatic N) is 2. The highest BCUT2D eigenvalue weighted by Gasteiger charge is 2.24. The van der Waals surface area contributed by atoms with Gasteiger partial charge in [-0.2, -0.15) is 4.98 Å². The molecule has 1 fully saturated rings. The number of hydrogen-bond acceptors (Lipinski definition) is 9. The Labute approximate surface area is 247 Å². The lowest BCUT2D eigenvalue weighted by molar-refractivity contribution is 0.0527. The number of nitrogens with one attached hydrogen (secondary N) is 4. The normalized spacial score (nSPS) is 17.7. The molecule has 0 radical (unpaired) electrons. The van der Waals surface area contributed by atoms with Gasteiger partial charge in [0.15, 0.2) is 0 Å². The Morgan fingerprint density at radius 2 is 1.66 bits per heavy atom. The van der Waals surface area contributed by atoms with Crippen LogP contribution in [0.2, 0.25) is 0 Å². The molecule has 0 atom stereocenters. The zero-order valence-corrected chi connectivity index (χ0v) is 25.7. The van der Waals surface area contributed by atoms with Gasteiger partial charge in [-0.15, -0.1) is 11.3 Å². The maximum atomic E-state index is 12.4. The van der Waals surface area contributed by atoms with Gasteiger partial charge in [-0.1, -0.05) is 18.2 Å². The Kier molecular flexibility index (Phi) is 10.8. The molecule has 0 unspecified atom stereocenters. The molecule has 1 aromatic carbocycles. The smallest absolute Gasteiger partial charge is 0.407 e. The van der Waals surface area contributed by atoms with E-state index in [9.17, 15) is 13.2 Å². The SMILES string of the molecule is CC(C)(C)OC(=O)NCCCCNc1nc(NCC2CCC(CNS(=O)(=O)c3cccs3)CC2)nc2ccccc12. The molecule has 1 saturated carbocycles. The summed E-state index contributed by atoms with van der Waals surface area (Å²) in [7, 11) is -3.41. The third-order valence-corrected chi connectivity index (χ3v) is 9.83. The third-order valence-electron chi connectivity index (χ3n) is 7.00. The van der Waals surface area contributed by atoms with Gasteiger partial charge >= 0.3 is 6.09 Å². The van der Waals surface area contributed by atoms with Gasteiger partial charge in [0.05, 0.1) is 5.52 Å². The maximum Gasteiger partial charge on any atom is 0.407 e. The molecule has 0 saturated heterocycles. The van der Waals surface area contributed by atoms with Crippen LogP contribution in [0.3, 0.4) is 0 Å².